The Morgan fingerprint density at radius 2 is 1.02 bits per heavy atom. The maximum Gasteiger partial charge on any atom is 0.242 e. The van der Waals surface area contributed by atoms with Crippen molar-refractivity contribution in [3.8, 4) is 0 Å². The third-order valence-electron chi connectivity index (χ3n) is 8.39. The number of nitrogens with zero attached hydrogens (tertiary/aromatic N) is 1. The van der Waals surface area contributed by atoms with Crippen LogP contribution in [0.25, 0.3) is 0 Å². The summed E-state index contributed by atoms with van der Waals surface area (Å²) in [5.74, 6) is -0.247. The summed E-state index contributed by atoms with van der Waals surface area (Å²) in [5, 5.41) is 5.93. The van der Waals surface area contributed by atoms with Crippen molar-refractivity contribution in [1.29, 1.82) is 0 Å². The molecule has 6 N–H and O–H groups in total. The highest BCUT2D eigenvalue weighted by atomic mass is 16.2. The molecule has 0 saturated heterocycles. The first-order valence-corrected chi connectivity index (χ1v) is 19.7. The molecule has 1 unspecified atom stereocenters. The van der Waals surface area contributed by atoms with Gasteiger partial charge in [0, 0.05) is 19.5 Å². The molecule has 0 bridgehead atoms. The van der Waals surface area contributed by atoms with Gasteiger partial charge < -0.3 is 22.1 Å². The number of amides is 2. The van der Waals surface area contributed by atoms with Crippen LogP contribution < -0.4 is 22.1 Å². The molecule has 0 aromatic rings. The normalized spacial score (nSPS) is 12.5. The van der Waals surface area contributed by atoms with Gasteiger partial charge >= 0.3 is 0 Å². The van der Waals surface area contributed by atoms with Crippen molar-refractivity contribution in [3.05, 3.63) is 48.6 Å². The molecule has 2 amide bonds. The van der Waals surface area contributed by atoms with Crippen molar-refractivity contribution in [2.45, 2.75) is 180 Å². The first-order chi connectivity index (χ1) is 23.5. The zero-order chi connectivity index (χ0) is 35.2. The molecule has 0 spiro atoms. The van der Waals surface area contributed by atoms with Gasteiger partial charge in [-0.3, -0.25) is 14.6 Å². The zero-order valence-electron chi connectivity index (χ0n) is 31.2. The van der Waals surface area contributed by atoms with Gasteiger partial charge in [-0.15, -0.1) is 0 Å². The molecular formula is C41H75N5O2. The van der Waals surface area contributed by atoms with Gasteiger partial charge in [0.2, 0.25) is 11.8 Å². The van der Waals surface area contributed by atoms with Crippen molar-refractivity contribution in [1.82, 2.24) is 10.6 Å². The van der Waals surface area contributed by atoms with Crippen molar-refractivity contribution in [2.75, 3.05) is 13.1 Å². The van der Waals surface area contributed by atoms with Crippen molar-refractivity contribution >= 4 is 17.8 Å². The lowest BCUT2D eigenvalue weighted by Gasteiger charge is -2.18. The minimum Gasteiger partial charge on any atom is -0.370 e. The van der Waals surface area contributed by atoms with Crippen LogP contribution in [0.15, 0.2) is 53.6 Å². The average molecular weight is 670 g/mol. The maximum absolute atomic E-state index is 12.9. The Morgan fingerprint density at radius 1 is 0.583 bits per heavy atom. The lowest BCUT2D eigenvalue weighted by Crippen LogP contribution is -2.47. The molecule has 0 fully saturated rings. The largest absolute Gasteiger partial charge is 0.370 e. The summed E-state index contributed by atoms with van der Waals surface area (Å²) in [7, 11) is 0. The van der Waals surface area contributed by atoms with Crippen LogP contribution in [-0.4, -0.2) is 36.9 Å². The molecule has 0 aliphatic rings. The fourth-order valence-corrected chi connectivity index (χ4v) is 5.40. The standard InChI is InChI=1S/C41H75N5O2/c1-3-5-7-9-11-13-15-17-19-21-23-25-27-29-31-33-36-44-40(48)38(35-37-45-41(42)43)46-39(47)34-32-30-28-26-24-22-20-18-16-14-12-10-8-6-4-2/h11-14,17-20,38H,3-10,15-16,21-37H2,1-2H3,(H,44,48)(H,46,47)(H4,42,43,45). The molecule has 0 aromatic carbocycles. The van der Waals surface area contributed by atoms with Crippen LogP contribution in [0.3, 0.4) is 0 Å². The van der Waals surface area contributed by atoms with Gasteiger partial charge in [0.15, 0.2) is 5.96 Å². The van der Waals surface area contributed by atoms with Gasteiger partial charge in [0.05, 0.1) is 0 Å². The summed E-state index contributed by atoms with van der Waals surface area (Å²) in [4.78, 5) is 29.5. The van der Waals surface area contributed by atoms with E-state index in [2.05, 4.69) is 78.1 Å². The Labute approximate surface area is 296 Å². The first-order valence-electron chi connectivity index (χ1n) is 19.7. The number of hydrogen-bond acceptors (Lipinski definition) is 3. The highest BCUT2D eigenvalue weighted by Crippen LogP contribution is 2.10. The Bertz CT molecular complexity index is 889. The Hall–Kier alpha value is -2.83. The van der Waals surface area contributed by atoms with Crippen LogP contribution in [0, 0.1) is 0 Å². The van der Waals surface area contributed by atoms with Gasteiger partial charge in [-0.2, -0.15) is 0 Å². The van der Waals surface area contributed by atoms with E-state index in [0.29, 0.717) is 25.9 Å². The van der Waals surface area contributed by atoms with E-state index in [1.54, 1.807) is 0 Å². The van der Waals surface area contributed by atoms with Gasteiger partial charge in [-0.05, 0) is 83.5 Å². The van der Waals surface area contributed by atoms with Crippen LogP contribution in [0.1, 0.15) is 174 Å². The molecule has 7 nitrogen and oxygen atoms in total. The number of aliphatic imine (C=N–C) groups is 1. The van der Waals surface area contributed by atoms with Crippen LogP contribution in [-0.2, 0) is 9.59 Å². The average Bonchev–Trinajstić information content (AvgIpc) is 3.07. The van der Waals surface area contributed by atoms with E-state index in [1.165, 1.54) is 89.9 Å². The summed E-state index contributed by atoms with van der Waals surface area (Å²) in [6, 6.07) is -0.622. The molecule has 0 rings (SSSR count). The highest BCUT2D eigenvalue weighted by molar-refractivity contribution is 5.87. The van der Waals surface area contributed by atoms with E-state index in [4.69, 9.17) is 11.5 Å². The summed E-state index contributed by atoms with van der Waals surface area (Å²) >= 11 is 0. The van der Waals surface area contributed by atoms with Gasteiger partial charge in [-0.1, -0.05) is 133 Å². The Kier molecular flexibility index (Phi) is 34.8. The first kappa shape index (κ1) is 45.2. The minimum absolute atomic E-state index is 0.00744. The second kappa shape index (κ2) is 37.0. The number of carbonyl (C=O) groups is 2. The monoisotopic (exact) mass is 670 g/mol. The number of nitrogens with one attached hydrogen (secondary N) is 2. The predicted octanol–water partition coefficient (Wildman–Crippen LogP) is 9.88. The van der Waals surface area contributed by atoms with E-state index >= 15 is 0 Å². The van der Waals surface area contributed by atoms with Gasteiger partial charge in [0.25, 0.3) is 0 Å². The number of unbranched alkanes of at least 4 members (excludes halogenated alkanes) is 17. The SMILES string of the molecule is CCCCCC=CCC=CCCCCCCCCNC(=O)C(CCN=C(N)N)NC(=O)CCCCCCCC=CCC=CCCCCC. The highest BCUT2D eigenvalue weighted by Gasteiger charge is 2.20. The number of rotatable bonds is 34. The van der Waals surface area contributed by atoms with Crippen molar-refractivity contribution in [3.63, 3.8) is 0 Å². The van der Waals surface area contributed by atoms with E-state index in [-0.39, 0.29) is 17.8 Å². The van der Waals surface area contributed by atoms with E-state index in [0.717, 1.165) is 57.8 Å². The summed E-state index contributed by atoms with van der Waals surface area (Å²) in [5.41, 5.74) is 10.9. The molecule has 1 atom stereocenters. The van der Waals surface area contributed by atoms with Crippen LogP contribution in [0.2, 0.25) is 0 Å². The second-order valence-electron chi connectivity index (χ2n) is 13.1. The number of carbonyl (C=O) groups excluding carboxylic acids is 2. The number of guanidine groups is 1. The molecule has 0 aliphatic carbocycles. The fourth-order valence-electron chi connectivity index (χ4n) is 5.40. The summed E-state index contributed by atoms with van der Waals surface area (Å²) < 4.78 is 0. The molecule has 0 radical (unpaired) electrons. The predicted molar refractivity (Wildman–Crippen MR) is 209 cm³/mol. The summed E-state index contributed by atoms with van der Waals surface area (Å²) in [6.07, 6.45) is 45.9. The third-order valence-corrected chi connectivity index (χ3v) is 8.39. The lowest BCUT2D eigenvalue weighted by molar-refractivity contribution is -0.129. The van der Waals surface area contributed by atoms with Gasteiger partial charge in [0.1, 0.15) is 6.04 Å². The van der Waals surface area contributed by atoms with Crippen LogP contribution >= 0.6 is 0 Å². The molecule has 0 heterocycles. The van der Waals surface area contributed by atoms with E-state index in [1.807, 2.05) is 0 Å². The lowest BCUT2D eigenvalue weighted by atomic mass is 10.1. The molecule has 0 aromatic heterocycles. The smallest absolute Gasteiger partial charge is 0.242 e. The van der Waals surface area contributed by atoms with Crippen LogP contribution in [0.4, 0.5) is 0 Å². The second-order valence-corrected chi connectivity index (χ2v) is 13.1. The molecular weight excluding hydrogens is 594 g/mol. The van der Waals surface area contributed by atoms with Crippen molar-refractivity contribution < 1.29 is 9.59 Å². The zero-order valence-corrected chi connectivity index (χ0v) is 31.2. The van der Waals surface area contributed by atoms with E-state index in [9.17, 15) is 9.59 Å². The number of hydrogen-bond donors (Lipinski definition) is 4. The molecule has 0 aliphatic heterocycles. The number of nitrogens with two attached hydrogens (primary N) is 2. The topological polar surface area (TPSA) is 123 Å². The summed E-state index contributed by atoms with van der Waals surface area (Å²) in [6.45, 7) is 5.40. The maximum atomic E-state index is 12.9. The molecule has 0 saturated carbocycles. The third kappa shape index (κ3) is 34.5. The Balaban J connectivity index is 4.02. The Morgan fingerprint density at radius 3 is 1.50 bits per heavy atom. The molecule has 7 heteroatoms. The molecule has 48 heavy (non-hydrogen) atoms. The van der Waals surface area contributed by atoms with E-state index < -0.39 is 6.04 Å². The molecule has 276 valence electrons. The fraction of sp³-hybridized carbons (Fsp3) is 0.732. The van der Waals surface area contributed by atoms with Gasteiger partial charge in [-0.25, -0.2) is 0 Å². The van der Waals surface area contributed by atoms with Crippen molar-refractivity contribution in [2.24, 2.45) is 16.5 Å². The number of allylic oxidation sites excluding steroid dienone is 8. The van der Waals surface area contributed by atoms with Crippen LogP contribution in [0.5, 0.6) is 0 Å². The quantitative estimate of drug-likeness (QED) is 0.0236. The minimum atomic E-state index is -0.622.